The highest BCUT2D eigenvalue weighted by atomic mass is 127. The maximum atomic E-state index is 12.0. The summed E-state index contributed by atoms with van der Waals surface area (Å²) in [5.74, 6) is 0. The maximum Gasteiger partial charge on any atom is 0.267 e. The minimum absolute atomic E-state index is 0.00124. The Morgan fingerprint density at radius 2 is 2.11 bits per heavy atom. The van der Waals surface area contributed by atoms with Gasteiger partial charge in [0.15, 0.2) is 0 Å². The van der Waals surface area contributed by atoms with Crippen molar-refractivity contribution in [2.45, 2.75) is 0 Å². The van der Waals surface area contributed by atoms with Crippen molar-refractivity contribution in [1.29, 1.82) is 0 Å². The van der Waals surface area contributed by atoms with E-state index in [4.69, 9.17) is 0 Å². The zero-order chi connectivity index (χ0) is 12.7. The molecule has 0 amide bonds. The lowest BCUT2D eigenvalue weighted by atomic mass is 10.1. The fraction of sp³-hybridized carbons (Fsp3) is 0.0769. The molecule has 5 heteroatoms. The highest BCUT2D eigenvalue weighted by Gasteiger charge is 2.07. The van der Waals surface area contributed by atoms with Gasteiger partial charge in [0.05, 0.1) is 34.6 Å². The molecule has 0 spiro atoms. The van der Waals surface area contributed by atoms with Crippen LogP contribution in [0, 0.1) is 0 Å². The van der Waals surface area contributed by atoms with Crippen LogP contribution in [0.2, 0.25) is 0 Å². The number of nitrogens with zero attached hydrogens (tertiary/aromatic N) is 3. The van der Waals surface area contributed by atoms with Gasteiger partial charge >= 0.3 is 0 Å². The molecule has 90 valence electrons. The van der Waals surface area contributed by atoms with Crippen molar-refractivity contribution >= 4 is 33.8 Å². The van der Waals surface area contributed by atoms with E-state index in [2.05, 4.69) is 5.10 Å². The first-order valence-electron chi connectivity index (χ1n) is 5.47. The number of aryl methyl sites for hydroxylation is 1. The van der Waals surface area contributed by atoms with Crippen LogP contribution in [0.15, 0.2) is 47.5 Å². The summed E-state index contributed by atoms with van der Waals surface area (Å²) in [5, 5.41) is 5.24. The standard InChI is InChI=1S/C13H10IN3O/c1-16-12-5-4-9(7-10(12)8-15-16)11-3-2-6-17(14)13(11)18/h2-8H,1H3. The highest BCUT2D eigenvalue weighted by molar-refractivity contribution is 14.1. The van der Waals surface area contributed by atoms with E-state index in [0.717, 1.165) is 16.5 Å². The summed E-state index contributed by atoms with van der Waals surface area (Å²) in [4.78, 5) is 12.0. The van der Waals surface area contributed by atoms with E-state index in [-0.39, 0.29) is 5.56 Å². The second-order valence-corrected chi connectivity index (χ2v) is 5.12. The van der Waals surface area contributed by atoms with Gasteiger partial charge in [-0.25, -0.2) is 0 Å². The molecule has 0 aliphatic rings. The number of benzene rings is 1. The third-order valence-electron chi connectivity index (χ3n) is 2.96. The van der Waals surface area contributed by atoms with Crippen LogP contribution in [0.4, 0.5) is 0 Å². The molecule has 0 aliphatic heterocycles. The van der Waals surface area contributed by atoms with Crippen molar-refractivity contribution in [3.8, 4) is 11.1 Å². The first-order valence-corrected chi connectivity index (χ1v) is 6.43. The van der Waals surface area contributed by atoms with Crippen LogP contribution >= 0.6 is 22.9 Å². The van der Waals surface area contributed by atoms with Crippen molar-refractivity contribution in [2.75, 3.05) is 0 Å². The molecule has 2 heterocycles. The van der Waals surface area contributed by atoms with E-state index in [9.17, 15) is 4.79 Å². The van der Waals surface area contributed by atoms with E-state index in [1.165, 1.54) is 0 Å². The monoisotopic (exact) mass is 351 g/mol. The van der Waals surface area contributed by atoms with Gasteiger partial charge in [0, 0.05) is 24.2 Å². The van der Waals surface area contributed by atoms with E-state index < -0.39 is 0 Å². The number of aromatic nitrogens is 3. The smallest absolute Gasteiger partial charge is 0.267 e. The molecule has 0 bridgehead atoms. The lowest BCUT2D eigenvalue weighted by Gasteiger charge is -2.03. The average molecular weight is 351 g/mol. The Hall–Kier alpha value is -1.63. The number of fused-ring (bicyclic) bond motifs is 1. The Bertz CT molecular complexity index is 788. The van der Waals surface area contributed by atoms with Crippen LogP contribution in [0.3, 0.4) is 0 Å². The first kappa shape index (κ1) is 11.5. The van der Waals surface area contributed by atoms with E-state index in [1.807, 2.05) is 71.1 Å². The Labute approximate surface area is 117 Å². The molecule has 0 saturated carbocycles. The SMILES string of the molecule is Cn1ncc2cc(-c3cccn(I)c3=O)ccc21. The minimum Gasteiger partial charge on any atom is -0.268 e. The maximum absolute atomic E-state index is 12.0. The average Bonchev–Trinajstić information content (AvgIpc) is 2.74. The zero-order valence-corrected chi connectivity index (χ0v) is 11.8. The number of pyridine rings is 1. The summed E-state index contributed by atoms with van der Waals surface area (Å²) in [6, 6.07) is 9.65. The van der Waals surface area contributed by atoms with Gasteiger partial charge < -0.3 is 0 Å². The van der Waals surface area contributed by atoms with Gasteiger partial charge in [-0.15, -0.1) is 0 Å². The van der Waals surface area contributed by atoms with Gasteiger partial charge in [-0.1, -0.05) is 6.07 Å². The highest BCUT2D eigenvalue weighted by Crippen LogP contribution is 2.21. The van der Waals surface area contributed by atoms with E-state index >= 15 is 0 Å². The predicted octanol–water partition coefficient (Wildman–Crippen LogP) is 2.60. The molecule has 4 nitrogen and oxygen atoms in total. The summed E-state index contributed by atoms with van der Waals surface area (Å²) in [6.45, 7) is 0. The third-order valence-corrected chi connectivity index (χ3v) is 3.72. The van der Waals surface area contributed by atoms with Crippen molar-refractivity contribution in [2.24, 2.45) is 7.05 Å². The third kappa shape index (κ3) is 1.74. The fourth-order valence-corrected chi connectivity index (χ4v) is 2.47. The lowest BCUT2D eigenvalue weighted by Crippen LogP contribution is -2.12. The van der Waals surface area contributed by atoms with Crippen LogP contribution < -0.4 is 5.56 Å². The van der Waals surface area contributed by atoms with Crippen molar-refractivity contribution in [3.05, 3.63) is 53.1 Å². The number of halogens is 1. The fourth-order valence-electron chi connectivity index (χ4n) is 2.02. The Morgan fingerprint density at radius 1 is 1.28 bits per heavy atom. The largest absolute Gasteiger partial charge is 0.268 e. The van der Waals surface area contributed by atoms with Gasteiger partial charge in [-0.2, -0.15) is 5.10 Å². The Morgan fingerprint density at radius 3 is 2.94 bits per heavy atom. The Kier molecular flexibility index (Phi) is 2.70. The van der Waals surface area contributed by atoms with Crippen LogP contribution in [0.25, 0.3) is 22.0 Å². The molecule has 2 aromatic heterocycles. The second kappa shape index (κ2) is 4.24. The molecular formula is C13H10IN3O. The minimum atomic E-state index is 0.00124. The molecule has 3 rings (SSSR count). The van der Waals surface area contributed by atoms with Gasteiger partial charge in [0.2, 0.25) is 0 Å². The molecule has 0 fully saturated rings. The van der Waals surface area contributed by atoms with Crippen LogP contribution in [-0.4, -0.2) is 12.6 Å². The first-order chi connectivity index (χ1) is 8.66. The molecule has 0 saturated heterocycles. The zero-order valence-electron chi connectivity index (χ0n) is 9.67. The lowest BCUT2D eigenvalue weighted by molar-refractivity contribution is 0.797. The molecule has 1 aromatic carbocycles. The number of hydrogen-bond acceptors (Lipinski definition) is 2. The number of hydrogen-bond donors (Lipinski definition) is 0. The van der Waals surface area contributed by atoms with E-state index in [1.54, 1.807) is 8.98 Å². The van der Waals surface area contributed by atoms with E-state index in [0.29, 0.717) is 5.56 Å². The Balaban J connectivity index is 2.26. The van der Waals surface area contributed by atoms with Crippen molar-refractivity contribution in [3.63, 3.8) is 0 Å². The summed E-state index contributed by atoms with van der Waals surface area (Å²) in [6.07, 6.45) is 3.55. The summed E-state index contributed by atoms with van der Waals surface area (Å²) < 4.78 is 3.38. The summed E-state index contributed by atoms with van der Waals surface area (Å²) in [5.41, 5.74) is 2.69. The number of rotatable bonds is 1. The molecule has 0 atom stereocenters. The topological polar surface area (TPSA) is 39.8 Å². The molecule has 3 aromatic rings. The molecule has 0 N–H and O–H groups in total. The van der Waals surface area contributed by atoms with Crippen molar-refractivity contribution in [1.82, 2.24) is 12.6 Å². The van der Waals surface area contributed by atoms with Crippen LogP contribution in [0.5, 0.6) is 0 Å². The van der Waals surface area contributed by atoms with Gasteiger partial charge in [0.25, 0.3) is 5.56 Å². The quantitative estimate of drug-likeness (QED) is 0.633. The van der Waals surface area contributed by atoms with Crippen LogP contribution in [0.1, 0.15) is 0 Å². The van der Waals surface area contributed by atoms with Crippen LogP contribution in [-0.2, 0) is 7.05 Å². The van der Waals surface area contributed by atoms with Gasteiger partial charge in [-0.3, -0.25) is 12.3 Å². The summed E-state index contributed by atoms with van der Waals surface area (Å²) >= 11 is 1.99. The molecule has 0 unspecified atom stereocenters. The van der Waals surface area contributed by atoms with Crippen molar-refractivity contribution < 1.29 is 0 Å². The second-order valence-electron chi connectivity index (χ2n) is 4.08. The predicted molar refractivity (Wildman–Crippen MR) is 79.8 cm³/mol. The van der Waals surface area contributed by atoms with Gasteiger partial charge in [0.1, 0.15) is 0 Å². The summed E-state index contributed by atoms with van der Waals surface area (Å²) in [7, 11) is 1.91. The molecular weight excluding hydrogens is 341 g/mol. The molecule has 0 radical (unpaired) electrons. The molecule has 18 heavy (non-hydrogen) atoms. The normalized spacial score (nSPS) is 11.0. The van der Waals surface area contributed by atoms with Gasteiger partial charge in [-0.05, 0) is 29.8 Å². The molecule has 0 aliphatic carbocycles.